The van der Waals surface area contributed by atoms with Gasteiger partial charge in [-0.1, -0.05) is 36.4 Å². The average Bonchev–Trinajstić information content (AvgIpc) is 2.87. The van der Waals surface area contributed by atoms with Gasteiger partial charge in [-0.25, -0.2) is 4.98 Å². The van der Waals surface area contributed by atoms with E-state index in [-0.39, 0.29) is 11.3 Å². The van der Waals surface area contributed by atoms with Gasteiger partial charge >= 0.3 is 0 Å². The van der Waals surface area contributed by atoms with E-state index in [1.165, 1.54) is 44.1 Å². The SMILES string of the molecule is O=C(CC12CC3CC(CC(C3)C1)C2)Nc1cccc2nc(NCCCN[CH]Cc3ccccc3)ccc12. The first-order valence-electron chi connectivity index (χ1n) is 14.2. The Morgan fingerprint density at radius 3 is 2.41 bits per heavy atom. The fourth-order valence-corrected chi connectivity index (χ4v) is 7.72. The molecule has 1 amide bonds. The summed E-state index contributed by atoms with van der Waals surface area (Å²) in [6.07, 6.45) is 10.6. The van der Waals surface area contributed by atoms with E-state index in [9.17, 15) is 4.79 Å². The third-order valence-corrected chi connectivity index (χ3v) is 8.84. The van der Waals surface area contributed by atoms with Gasteiger partial charge in [0.15, 0.2) is 0 Å². The van der Waals surface area contributed by atoms with E-state index >= 15 is 0 Å². The molecule has 0 unspecified atom stereocenters. The number of carbonyl (C=O) groups is 1. The third-order valence-electron chi connectivity index (χ3n) is 8.84. The normalized spacial score (nSPS) is 25.9. The van der Waals surface area contributed by atoms with Crippen molar-refractivity contribution in [3.8, 4) is 0 Å². The highest BCUT2D eigenvalue weighted by molar-refractivity contribution is 6.01. The average molecular weight is 496 g/mol. The summed E-state index contributed by atoms with van der Waals surface area (Å²) < 4.78 is 0. The summed E-state index contributed by atoms with van der Waals surface area (Å²) in [7, 11) is 0. The number of nitrogens with one attached hydrogen (secondary N) is 3. The van der Waals surface area contributed by atoms with Crippen molar-refractivity contribution >= 4 is 28.3 Å². The molecule has 1 heterocycles. The first kappa shape index (κ1) is 24.4. The van der Waals surface area contributed by atoms with Crippen molar-refractivity contribution in [1.82, 2.24) is 10.3 Å². The van der Waals surface area contributed by atoms with Gasteiger partial charge in [0.2, 0.25) is 5.91 Å². The molecule has 4 aliphatic carbocycles. The maximum atomic E-state index is 13.2. The van der Waals surface area contributed by atoms with Crippen LogP contribution < -0.4 is 16.0 Å². The molecule has 193 valence electrons. The molecular formula is C32H39N4O. The monoisotopic (exact) mass is 495 g/mol. The van der Waals surface area contributed by atoms with E-state index in [0.29, 0.717) is 6.42 Å². The molecule has 4 fully saturated rings. The van der Waals surface area contributed by atoms with E-state index < -0.39 is 0 Å². The van der Waals surface area contributed by atoms with Gasteiger partial charge in [-0.05, 0) is 111 Å². The topological polar surface area (TPSA) is 66.0 Å². The minimum Gasteiger partial charge on any atom is -0.370 e. The third kappa shape index (κ3) is 5.82. The Bertz CT molecular complexity index is 1190. The van der Waals surface area contributed by atoms with Crippen LogP contribution in [0.1, 0.15) is 56.9 Å². The predicted octanol–water partition coefficient (Wildman–Crippen LogP) is 6.58. The standard InChI is InChI=1S/C32H39N4O/c37-31(22-32-19-24-16-25(20-32)18-26(17-24)21-32)36-29-9-4-8-28-27(29)10-11-30(35-28)34-14-5-13-33-15-12-23-6-2-1-3-7-23/h1-4,6-11,15,24-26,33H,5,12-14,16-22H2,(H,34,35)(H,36,37). The zero-order valence-electron chi connectivity index (χ0n) is 21.7. The summed E-state index contributed by atoms with van der Waals surface area (Å²) in [4.78, 5) is 18.0. The highest BCUT2D eigenvalue weighted by Crippen LogP contribution is 2.61. The van der Waals surface area contributed by atoms with E-state index in [1.807, 2.05) is 30.3 Å². The van der Waals surface area contributed by atoms with E-state index in [0.717, 1.165) is 66.1 Å². The van der Waals surface area contributed by atoms with Crippen LogP contribution in [0.15, 0.2) is 60.7 Å². The molecule has 5 heteroatoms. The molecule has 2 aromatic carbocycles. The van der Waals surface area contributed by atoms with Crippen molar-refractivity contribution in [1.29, 1.82) is 0 Å². The molecule has 0 spiro atoms. The second kappa shape index (κ2) is 10.8. The number of rotatable bonds is 11. The van der Waals surface area contributed by atoms with Crippen LogP contribution in [0, 0.1) is 29.7 Å². The Morgan fingerprint density at radius 1 is 0.892 bits per heavy atom. The van der Waals surface area contributed by atoms with E-state index in [4.69, 9.17) is 4.98 Å². The molecule has 1 aromatic heterocycles. The number of fused-ring (bicyclic) bond motifs is 1. The van der Waals surface area contributed by atoms with Crippen molar-refractivity contribution in [3.63, 3.8) is 0 Å². The highest BCUT2D eigenvalue weighted by Gasteiger charge is 2.51. The Hall–Kier alpha value is -2.92. The Balaban J connectivity index is 0.987. The number of pyridine rings is 1. The maximum Gasteiger partial charge on any atom is 0.224 e. The quantitative estimate of drug-likeness (QED) is 0.263. The van der Waals surface area contributed by atoms with Crippen LogP contribution in [-0.4, -0.2) is 24.0 Å². The van der Waals surface area contributed by atoms with Crippen LogP contribution in [-0.2, 0) is 11.2 Å². The van der Waals surface area contributed by atoms with E-state index in [2.05, 4.69) is 52.8 Å². The smallest absolute Gasteiger partial charge is 0.224 e. The summed E-state index contributed by atoms with van der Waals surface area (Å²) in [6, 6.07) is 20.6. The number of aromatic nitrogens is 1. The summed E-state index contributed by atoms with van der Waals surface area (Å²) in [5, 5.41) is 11.1. The lowest BCUT2D eigenvalue weighted by Crippen LogP contribution is -2.47. The Kier molecular flexibility index (Phi) is 7.14. The Morgan fingerprint density at radius 2 is 1.65 bits per heavy atom. The summed E-state index contributed by atoms with van der Waals surface area (Å²) in [5.41, 5.74) is 3.36. The number of anilines is 2. The fourth-order valence-electron chi connectivity index (χ4n) is 7.72. The lowest BCUT2D eigenvalue weighted by molar-refractivity contribution is -0.124. The summed E-state index contributed by atoms with van der Waals surface area (Å²) in [6.45, 7) is 3.90. The molecule has 37 heavy (non-hydrogen) atoms. The second-order valence-electron chi connectivity index (χ2n) is 11.8. The van der Waals surface area contributed by atoms with Crippen molar-refractivity contribution in [2.24, 2.45) is 23.2 Å². The van der Waals surface area contributed by atoms with Crippen LogP contribution in [0.25, 0.3) is 10.9 Å². The van der Waals surface area contributed by atoms with Gasteiger partial charge in [-0.15, -0.1) is 0 Å². The zero-order valence-corrected chi connectivity index (χ0v) is 21.7. The van der Waals surface area contributed by atoms with Gasteiger partial charge in [-0.3, -0.25) is 4.79 Å². The van der Waals surface area contributed by atoms with Crippen LogP contribution in [0.2, 0.25) is 0 Å². The molecule has 3 N–H and O–H groups in total. The van der Waals surface area contributed by atoms with Gasteiger partial charge in [0, 0.05) is 24.9 Å². The zero-order chi connectivity index (χ0) is 25.1. The van der Waals surface area contributed by atoms with Gasteiger partial charge in [0.1, 0.15) is 5.82 Å². The fraction of sp³-hybridized carbons (Fsp3) is 0.469. The number of nitrogens with zero attached hydrogens (tertiary/aromatic N) is 1. The second-order valence-corrected chi connectivity index (χ2v) is 11.8. The lowest BCUT2D eigenvalue weighted by atomic mass is 9.49. The van der Waals surface area contributed by atoms with Crippen molar-refractivity contribution < 1.29 is 4.79 Å². The number of hydrogen-bond acceptors (Lipinski definition) is 4. The molecule has 4 bridgehead atoms. The summed E-state index contributed by atoms with van der Waals surface area (Å²) >= 11 is 0. The molecule has 3 aromatic rings. The lowest BCUT2D eigenvalue weighted by Gasteiger charge is -2.56. The van der Waals surface area contributed by atoms with E-state index in [1.54, 1.807) is 0 Å². The van der Waals surface area contributed by atoms with Gasteiger partial charge in [-0.2, -0.15) is 0 Å². The van der Waals surface area contributed by atoms with Crippen LogP contribution in [0.4, 0.5) is 11.5 Å². The Labute approximate surface area is 220 Å². The minimum atomic E-state index is 0.174. The van der Waals surface area contributed by atoms with Gasteiger partial charge in [0.25, 0.3) is 0 Å². The maximum absolute atomic E-state index is 13.2. The number of hydrogen-bond donors (Lipinski definition) is 3. The molecule has 0 atom stereocenters. The van der Waals surface area contributed by atoms with Gasteiger partial charge in [0.05, 0.1) is 11.2 Å². The van der Waals surface area contributed by atoms with Crippen molar-refractivity contribution in [2.45, 2.75) is 57.8 Å². The number of amides is 1. The molecule has 1 radical (unpaired) electrons. The molecule has 4 aliphatic rings. The molecular weight excluding hydrogens is 456 g/mol. The van der Waals surface area contributed by atoms with Crippen molar-refractivity contribution in [3.05, 3.63) is 72.8 Å². The largest absolute Gasteiger partial charge is 0.370 e. The van der Waals surface area contributed by atoms with Crippen LogP contribution in [0.3, 0.4) is 0 Å². The van der Waals surface area contributed by atoms with Crippen molar-refractivity contribution in [2.75, 3.05) is 23.7 Å². The molecule has 0 saturated heterocycles. The molecule has 4 saturated carbocycles. The predicted molar refractivity (Wildman–Crippen MR) is 151 cm³/mol. The number of benzene rings is 2. The highest BCUT2D eigenvalue weighted by atomic mass is 16.1. The molecule has 5 nitrogen and oxygen atoms in total. The number of carbonyl (C=O) groups excluding carboxylic acids is 1. The van der Waals surface area contributed by atoms with Gasteiger partial charge < -0.3 is 16.0 Å². The molecule has 7 rings (SSSR count). The summed E-state index contributed by atoms with van der Waals surface area (Å²) in [5.74, 6) is 3.66. The van der Waals surface area contributed by atoms with Crippen LogP contribution >= 0.6 is 0 Å². The first-order chi connectivity index (χ1) is 18.1. The molecule has 0 aliphatic heterocycles. The van der Waals surface area contributed by atoms with Crippen LogP contribution in [0.5, 0.6) is 0 Å². The first-order valence-corrected chi connectivity index (χ1v) is 14.2. The minimum absolute atomic E-state index is 0.174.